The summed E-state index contributed by atoms with van der Waals surface area (Å²) < 4.78 is 5.67. The van der Waals surface area contributed by atoms with Crippen LogP contribution in [0.25, 0.3) is 0 Å². The van der Waals surface area contributed by atoms with Gasteiger partial charge < -0.3 is 15.2 Å². The van der Waals surface area contributed by atoms with Gasteiger partial charge in [0.25, 0.3) is 0 Å². The monoisotopic (exact) mass is 288 g/mol. The molecule has 2 rings (SSSR count). The van der Waals surface area contributed by atoms with Crippen LogP contribution in [-0.2, 0) is 4.79 Å². The van der Waals surface area contributed by atoms with E-state index < -0.39 is 0 Å². The highest BCUT2D eigenvalue weighted by atomic mass is 16.5. The first-order chi connectivity index (χ1) is 10.3. The molecular weight excluding hydrogens is 268 g/mol. The zero-order valence-electron chi connectivity index (χ0n) is 12.0. The van der Waals surface area contributed by atoms with Crippen LogP contribution in [-0.4, -0.2) is 55.3 Å². The van der Waals surface area contributed by atoms with Crippen LogP contribution >= 0.6 is 0 Å². The number of hydrogen-bond donors (Lipinski definition) is 2. The van der Waals surface area contributed by atoms with E-state index in [1.165, 1.54) is 0 Å². The summed E-state index contributed by atoms with van der Waals surface area (Å²) in [5.41, 5.74) is 0.848. The number of nitrogens with one attached hydrogen (secondary N) is 1. The Labute approximate surface area is 124 Å². The smallest absolute Gasteiger partial charge is 0.234 e. The van der Waals surface area contributed by atoms with Gasteiger partial charge in [-0.3, -0.25) is 9.69 Å². The summed E-state index contributed by atoms with van der Waals surface area (Å²) in [5.74, 6) is 6.30. The molecule has 112 valence electrons. The van der Waals surface area contributed by atoms with E-state index in [9.17, 15) is 4.79 Å². The predicted octanol–water partition coefficient (Wildman–Crippen LogP) is 0.231. The molecule has 1 heterocycles. The summed E-state index contributed by atoms with van der Waals surface area (Å²) in [7, 11) is 0. The summed E-state index contributed by atoms with van der Waals surface area (Å²) in [4.78, 5) is 13.5. The number of rotatable bonds is 4. The minimum atomic E-state index is -0.137. The van der Waals surface area contributed by atoms with Crippen LogP contribution in [0.15, 0.2) is 24.3 Å². The molecule has 1 aromatic carbocycles. The third kappa shape index (κ3) is 5.46. The molecule has 0 bridgehead atoms. The Bertz CT molecular complexity index is 517. The average Bonchev–Trinajstić information content (AvgIpc) is 2.71. The minimum Gasteiger partial charge on any atom is -0.492 e. The number of nitrogens with zero attached hydrogens (tertiary/aromatic N) is 1. The fourth-order valence-electron chi connectivity index (χ4n) is 2.13. The highest BCUT2D eigenvalue weighted by molar-refractivity contribution is 5.78. The molecule has 21 heavy (non-hydrogen) atoms. The Morgan fingerprint density at radius 2 is 2.14 bits per heavy atom. The van der Waals surface area contributed by atoms with Crippen molar-refractivity contribution in [2.75, 3.05) is 39.4 Å². The van der Waals surface area contributed by atoms with Crippen molar-refractivity contribution >= 4 is 5.91 Å². The van der Waals surface area contributed by atoms with Gasteiger partial charge in [0.15, 0.2) is 0 Å². The van der Waals surface area contributed by atoms with Gasteiger partial charge in [0.2, 0.25) is 5.91 Å². The van der Waals surface area contributed by atoms with E-state index in [1.807, 2.05) is 24.3 Å². The molecule has 0 aliphatic carbocycles. The summed E-state index contributed by atoms with van der Waals surface area (Å²) in [6.45, 7) is 3.26. The van der Waals surface area contributed by atoms with Crippen molar-refractivity contribution in [1.29, 1.82) is 0 Å². The molecule has 0 spiro atoms. The molecule has 1 aliphatic rings. The molecular formula is C16H20N2O3. The molecule has 1 fully saturated rings. The number of hydrogen-bond acceptors (Lipinski definition) is 4. The van der Waals surface area contributed by atoms with Crippen LogP contribution in [0.4, 0.5) is 0 Å². The van der Waals surface area contributed by atoms with Crippen molar-refractivity contribution in [3.63, 3.8) is 0 Å². The fraction of sp³-hybridized carbons (Fsp3) is 0.438. The minimum absolute atomic E-state index is 0.0827. The number of amides is 1. The molecule has 0 radical (unpaired) electrons. The Balaban J connectivity index is 1.76. The van der Waals surface area contributed by atoms with Gasteiger partial charge in [-0.25, -0.2) is 0 Å². The van der Waals surface area contributed by atoms with Gasteiger partial charge in [-0.05, 0) is 30.7 Å². The van der Waals surface area contributed by atoms with Gasteiger partial charge in [0.05, 0.1) is 6.54 Å². The lowest BCUT2D eigenvalue weighted by molar-refractivity contribution is -0.121. The predicted molar refractivity (Wildman–Crippen MR) is 80.0 cm³/mol. The number of benzene rings is 1. The Morgan fingerprint density at radius 3 is 2.90 bits per heavy atom. The Morgan fingerprint density at radius 1 is 1.33 bits per heavy atom. The van der Waals surface area contributed by atoms with E-state index >= 15 is 0 Å². The zero-order chi connectivity index (χ0) is 14.9. The van der Waals surface area contributed by atoms with Gasteiger partial charge in [-0.1, -0.05) is 11.8 Å². The van der Waals surface area contributed by atoms with Gasteiger partial charge in [0, 0.05) is 25.2 Å². The maximum atomic E-state index is 11.4. The van der Waals surface area contributed by atoms with Crippen LogP contribution in [0.3, 0.4) is 0 Å². The van der Waals surface area contributed by atoms with E-state index in [1.54, 1.807) is 0 Å². The summed E-state index contributed by atoms with van der Waals surface area (Å²) in [6, 6.07) is 7.43. The zero-order valence-corrected chi connectivity index (χ0v) is 12.0. The maximum absolute atomic E-state index is 11.4. The van der Waals surface area contributed by atoms with Crippen LogP contribution in [0.1, 0.15) is 12.0 Å². The first-order valence-corrected chi connectivity index (χ1v) is 7.09. The molecule has 0 saturated carbocycles. The quantitative estimate of drug-likeness (QED) is 0.779. The van der Waals surface area contributed by atoms with Gasteiger partial charge in [-0.2, -0.15) is 0 Å². The van der Waals surface area contributed by atoms with Crippen molar-refractivity contribution in [1.82, 2.24) is 10.2 Å². The first-order valence-electron chi connectivity index (χ1n) is 7.09. The molecule has 1 aromatic rings. The van der Waals surface area contributed by atoms with Crippen LogP contribution < -0.4 is 10.1 Å². The molecule has 1 saturated heterocycles. The molecule has 2 N–H and O–H groups in total. The van der Waals surface area contributed by atoms with E-state index in [0.29, 0.717) is 13.2 Å². The lowest BCUT2D eigenvalue weighted by Crippen LogP contribution is -2.35. The molecule has 1 amide bonds. The number of aliphatic hydroxyl groups is 1. The average molecular weight is 288 g/mol. The van der Waals surface area contributed by atoms with Crippen LogP contribution in [0, 0.1) is 11.8 Å². The second-order valence-corrected chi connectivity index (χ2v) is 4.81. The van der Waals surface area contributed by atoms with Crippen LogP contribution in [0.5, 0.6) is 5.75 Å². The molecule has 0 unspecified atom stereocenters. The van der Waals surface area contributed by atoms with Crippen molar-refractivity contribution in [3.05, 3.63) is 29.8 Å². The van der Waals surface area contributed by atoms with E-state index in [0.717, 1.165) is 37.4 Å². The second-order valence-electron chi connectivity index (χ2n) is 4.81. The lowest BCUT2D eigenvalue weighted by atomic mass is 10.2. The molecule has 0 atom stereocenters. The molecule has 1 aliphatic heterocycles. The normalized spacial score (nSPS) is 15.6. The molecule has 0 aromatic heterocycles. The number of ether oxygens (including phenoxy) is 1. The number of carbonyl (C=O) groups excluding carboxylic acids is 1. The van der Waals surface area contributed by atoms with Gasteiger partial charge in [-0.15, -0.1) is 0 Å². The van der Waals surface area contributed by atoms with Crippen molar-refractivity contribution in [2.24, 2.45) is 0 Å². The Kier molecular flexibility index (Phi) is 6.07. The van der Waals surface area contributed by atoms with Crippen molar-refractivity contribution in [3.8, 4) is 17.6 Å². The summed E-state index contributed by atoms with van der Waals surface area (Å²) in [6.07, 6.45) is 0.976. The highest BCUT2D eigenvalue weighted by Gasteiger charge is 2.13. The van der Waals surface area contributed by atoms with E-state index in [4.69, 9.17) is 9.84 Å². The number of carbonyl (C=O) groups is 1. The van der Waals surface area contributed by atoms with Gasteiger partial charge in [0.1, 0.15) is 19.0 Å². The Hall–Kier alpha value is -2.03. The van der Waals surface area contributed by atoms with Crippen LogP contribution in [0.2, 0.25) is 0 Å². The third-order valence-electron chi connectivity index (χ3n) is 3.18. The number of aliphatic hydroxyl groups excluding tert-OH is 1. The highest BCUT2D eigenvalue weighted by Crippen LogP contribution is 2.11. The SMILES string of the molecule is O=C1CN(CCOc2ccc(C#CCO)cc2)CCCN1. The maximum Gasteiger partial charge on any atom is 0.234 e. The topological polar surface area (TPSA) is 61.8 Å². The third-order valence-corrected chi connectivity index (χ3v) is 3.18. The van der Waals surface area contributed by atoms with E-state index in [-0.39, 0.29) is 12.5 Å². The summed E-state index contributed by atoms with van der Waals surface area (Å²) in [5, 5.41) is 11.5. The second kappa shape index (κ2) is 8.30. The van der Waals surface area contributed by atoms with Crippen molar-refractivity contribution < 1.29 is 14.6 Å². The lowest BCUT2D eigenvalue weighted by Gasteiger charge is -2.18. The summed E-state index contributed by atoms with van der Waals surface area (Å²) >= 11 is 0. The molecule has 5 heteroatoms. The molecule has 5 nitrogen and oxygen atoms in total. The standard InChI is InChI=1S/C16H20N2O3/c19-11-1-3-14-4-6-15(7-5-14)21-12-10-18-9-2-8-17-16(20)13-18/h4-7,19H,2,8-13H2,(H,17,20). The fourth-order valence-corrected chi connectivity index (χ4v) is 2.13. The van der Waals surface area contributed by atoms with E-state index in [2.05, 4.69) is 22.1 Å². The largest absolute Gasteiger partial charge is 0.492 e. The first kappa shape index (κ1) is 15.4. The van der Waals surface area contributed by atoms with Crippen molar-refractivity contribution in [2.45, 2.75) is 6.42 Å². The van der Waals surface area contributed by atoms with Gasteiger partial charge >= 0.3 is 0 Å².